The summed E-state index contributed by atoms with van der Waals surface area (Å²) >= 11 is 3.41. The summed E-state index contributed by atoms with van der Waals surface area (Å²) < 4.78 is 11.4. The van der Waals surface area contributed by atoms with Gasteiger partial charge in [-0.1, -0.05) is 0 Å². The molecule has 1 saturated carbocycles. The van der Waals surface area contributed by atoms with Crippen LogP contribution in [0.25, 0.3) is 0 Å². The Morgan fingerprint density at radius 1 is 1.42 bits per heavy atom. The molecule has 1 aliphatic carbocycles. The third-order valence-corrected chi connectivity index (χ3v) is 4.32. The Labute approximate surface area is 121 Å². The fourth-order valence-electron chi connectivity index (χ4n) is 2.24. The zero-order chi connectivity index (χ0) is 13.9. The smallest absolute Gasteiger partial charge is 0.227 e. The maximum absolute atomic E-state index is 12.1. The van der Waals surface area contributed by atoms with Gasteiger partial charge in [0.05, 0.1) is 24.8 Å². The highest BCUT2D eigenvalue weighted by Crippen LogP contribution is 2.38. The second-order valence-electron chi connectivity index (χ2n) is 4.81. The maximum atomic E-state index is 12.1. The Kier molecular flexibility index (Phi) is 4.47. The van der Waals surface area contributed by atoms with Crippen molar-refractivity contribution >= 4 is 27.5 Å². The highest BCUT2D eigenvalue weighted by molar-refractivity contribution is 9.10. The zero-order valence-corrected chi connectivity index (χ0v) is 12.7. The van der Waals surface area contributed by atoms with Crippen LogP contribution in [0, 0.1) is 0 Å². The zero-order valence-electron chi connectivity index (χ0n) is 11.2. The predicted octanol–water partition coefficient (Wildman–Crippen LogP) is 3.36. The van der Waals surface area contributed by atoms with Gasteiger partial charge in [-0.2, -0.15) is 0 Å². The number of rotatable bonds is 5. The Morgan fingerprint density at radius 2 is 2.16 bits per heavy atom. The van der Waals surface area contributed by atoms with E-state index in [1.807, 2.05) is 12.1 Å². The molecule has 19 heavy (non-hydrogen) atoms. The lowest BCUT2D eigenvalue weighted by Gasteiger charge is -2.39. The number of amides is 1. The number of anilines is 1. The monoisotopic (exact) mass is 327 g/mol. The highest BCUT2D eigenvalue weighted by Gasteiger charge is 2.39. The molecule has 0 heterocycles. The molecule has 4 nitrogen and oxygen atoms in total. The first-order chi connectivity index (χ1) is 9.08. The number of hydrogen-bond donors (Lipinski definition) is 1. The standard InChI is InChI=1S/C14H18BrNO3/c1-18-10-4-5-11(15)12(8-10)16-13(17)9-14(19-2)6-3-7-14/h4-5,8H,3,6-7,9H2,1-2H3,(H,16,17). The molecule has 0 aromatic heterocycles. The van der Waals surface area contributed by atoms with E-state index >= 15 is 0 Å². The molecular weight excluding hydrogens is 310 g/mol. The molecule has 1 aromatic carbocycles. The van der Waals surface area contributed by atoms with Gasteiger partial charge < -0.3 is 14.8 Å². The minimum absolute atomic E-state index is 0.0319. The summed E-state index contributed by atoms with van der Waals surface area (Å²) in [7, 11) is 3.27. The van der Waals surface area contributed by atoms with Crippen molar-refractivity contribution in [1.29, 1.82) is 0 Å². The van der Waals surface area contributed by atoms with Crippen LogP contribution in [-0.4, -0.2) is 25.7 Å². The minimum Gasteiger partial charge on any atom is -0.497 e. The number of carbonyl (C=O) groups excluding carboxylic acids is 1. The number of hydrogen-bond acceptors (Lipinski definition) is 3. The van der Waals surface area contributed by atoms with Crippen LogP contribution in [0.2, 0.25) is 0 Å². The third-order valence-electron chi connectivity index (χ3n) is 3.63. The Morgan fingerprint density at radius 3 is 2.68 bits per heavy atom. The fourth-order valence-corrected chi connectivity index (χ4v) is 2.58. The van der Waals surface area contributed by atoms with Crippen molar-refractivity contribution in [2.24, 2.45) is 0 Å². The summed E-state index contributed by atoms with van der Waals surface area (Å²) in [6.07, 6.45) is 3.43. The van der Waals surface area contributed by atoms with E-state index in [4.69, 9.17) is 9.47 Å². The van der Waals surface area contributed by atoms with Crippen LogP contribution in [0.3, 0.4) is 0 Å². The normalized spacial score (nSPS) is 16.6. The number of methoxy groups -OCH3 is 2. The van der Waals surface area contributed by atoms with Crippen LogP contribution in [0.4, 0.5) is 5.69 Å². The summed E-state index contributed by atoms with van der Waals surface area (Å²) in [5.41, 5.74) is 0.463. The molecule has 0 spiro atoms. The van der Waals surface area contributed by atoms with Crippen molar-refractivity contribution in [1.82, 2.24) is 0 Å². The molecule has 0 unspecified atom stereocenters. The largest absolute Gasteiger partial charge is 0.497 e. The van der Waals surface area contributed by atoms with Crippen molar-refractivity contribution < 1.29 is 14.3 Å². The Balaban J connectivity index is 2.02. The molecule has 5 heteroatoms. The maximum Gasteiger partial charge on any atom is 0.227 e. The quantitative estimate of drug-likeness (QED) is 0.902. The van der Waals surface area contributed by atoms with Gasteiger partial charge >= 0.3 is 0 Å². The summed E-state index contributed by atoms with van der Waals surface area (Å²) in [6.45, 7) is 0. The third kappa shape index (κ3) is 3.28. The molecule has 0 aliphatic heterocycles. The van der Waals surface area contributed by atoms with E-state index in [9.17, 15) is 4.79 Å². The summed E-state index contributed by atoms with van der Waals surface area (Å²) in [5, 5.41) is 2.90. The van der Waals surface area contributed by atoms with Gasteiger partial charge in [0.1, 0.15) is 5.75 Å². The predicted molar refractivity (Wildman–Crippen MR) is 77.5 cm³/mol. The average Bonchev–Trinajstić information content (AvgIpc) is 2.36. The minimum atomic E-state index is -0.255. The van der Waals surface area contributed by atoms with Crippen molar-refractivity contribution in [2.45, 2.75) is 31.3 Å². The lowest BCUT2D eigenvalue weighted by Crippen LogP contribution is -2.42. The van der Waals surface area contributed by atoms with E-state index in [0.29, 0.717) is 12.2 Å². The Hall–Kier alpha value is -1.07. The van der Waals surface area contributed by atoms with Gasteiger partial charge in [-0.25, -0.2) is 0 Å². The van der Waals surface area contributed by atoms with Crippen molar-refractivity contribution in [3.05, 3.63) is 22.7 Å². The second kappa shape index (κ2) is 5.92. The van der Waals surface area contributed by atoms with Crippen LogP contribution in [0.15, 0.2) is 22.7 Å². The number of benzene rings is 1. The van der Waals surface area contributed by atoms with E-state index in [1.165, 1.54) is 0 Å². The van der Waals surface area contributed by atoms with Gasteiger partial charge in [0.15, 0.2) is 0 Å². The van der Waals surface area contributed by atoms with E-state index in [1.54, 1.807) is 20.3 Å². The molecule has 0 saturated heterocycles. The molecule has 1 N–H and O–H groups in total. The summed E-state index contributed by atoms with van der Waals surface area (Å²) in [5.74, 6) is 0.680. The molecule has 1 amide bonds. The molecule has 2 rings (SSSR count). The van der Waals surface area contributed by atoms with E-state index in [-0.39, 0.29) is 11.5 Å². The first-order valence-electron chi connectivity index (χ1n) is 6.27. The van der Waals surface area contributed by atoms with Crippen LogP contribution in [-0.2, 0) is 9.53 Å². The molecule has 0 bridgehead atoms. The van der Waals surface area contributed by atoms with Gasteiger partial charge in [0.2, 0.25) is 5.91 Å². The van der Waals surface area contributed by atoms with Crippen molar-refractivity contribution in [2.75, 3.05) is 19.5 Å². The molecule has 1 aliphatic rings. The second-order valence-corrected chi connectivity index (χ2v) is 5.67. The first-order valence-corrected chi connectivity index (χ1v) is 7.06. The average molecular weight is 328 g/mol. The van der Waals surface area contributed by atoms with E-state index in [2.05, 4.69) is 21.2 Å². The molecule has 0 atom stereocenters. The van der Waals surface area contributed by atoms with E-state index in [0.717, 1.165) is 29.4 Å². The lowest BCUT2D eigenvalue weighted by atomic mass is 9.77. The van der Waals surface area contributed by atoms with Crippen LogP contribution in [0.5, 0.6) is 5.75 Å². The van der Waals surface area contributed by atoms with Gasteiger partial charge in [-0.3, -0.25) is 4.79 Å². The van der Waals surface area contributed by atoms with Crippen LogP contribution < -0.4 is 10.1 Å². The van der Waals surface area contributed by atoms with Crippen LogP contribution in [0.1, 0.15) is 25.7 Å². The number of nitrogens with one attached hydrogen (secondary N) is 1. The fraction of sp³-hybridized carbons (Fsp3) is 0.500. The van der Waals surface area contributed by atoms with Gasteiger partial charge in [0.25, 0.3) is 0 Å². The molecule has 1 aromatic rings. The molecular formula is C14H18BrNO3. The van der Waals surface area contributed by atoms with E-state index < -0.39 is 0 Å². The lowest BCUT2D eigenvalue weighted by molar-refractivity contribution is -0.129. The van der Waals surface area contributed by atoms with Crippen molar-refractivity contribution in [3.8, 4) is 5.75 Å². The first kappa shape index (κ1) is 14.3. The summed E-state index contributed by atoms with van der Waals surface area (Å²) in [6, 6.07) is 5.48. The number of halogens is 1. The van der Waals surface area contributed by atoms with Gasteiger partial charge in [-0.15, -0.1) is 0 Å². The number of carbonyl (C=O) groups is 1. The molecule has 0 radical (unpaired) electrons. The Bertz CT molecular complexity index is 466. The van der Waals surface area contributed by atoms with Crippen LogP contribution >= 0.6 is 15.9 Å². The summed E-state index contributed by atoms with van der Waals surface area (Å²) in [4.78, 5) is 12.1. The highest BCUT2D eigenvalue weighted by atomic mass is 79.9. The van der Waals surface area contributed by atoms with Crippen molar-refractivity contribution in [3.63, 3.8) is 0 Å². The van der Waals surface area contributed by atoms with Gasteiger partial charge in [0, 0.05) is 17.6 Å². The topological polar surface area (TPSA) is 47.6 Å². The SMILES string of the molecule is COc1ccc(Br)c(NC(=O)CC2(OC)CCC2)c1. The molecule has 1 fully saturated rings. The molecule has 104 valence electrons. The number of ether oxygens (including phenoxy) is 2. The van der Waals surface area contributed by atoms with Gasteiger partial charge in [-0.05, 0) is 47.3 Å².